The van der Waals surface area contributed by atoms with Gasteiger partial charge in [-0.1, -0.05) is 23.8 Å². The Bertz CT molecular complexity index is 1150. The molecule has 0 aromatic heterocycles. The number of aryl methyl sites for hydroxylation is 2. The number of methoxy groups -OCH3 is 1. The highest BCUT2D eigenvalue weighted by Gasteiger charge is 2.16. The summed E-state index contributed by atoms with van der Waals surface area (Å²) in [4.78, 5) is 24.9. The second kappa shape index (κ2) is 10.6. The summed E-state index contributed by atoms with van der Waals surface area (Å²) in [6.07, 6.45) is 0. The molecule has 6 nitrogen and oxygen atoms in total. The highest BCUT2D eigenvalue weighted by atomic mass is 19.1. The molecule has 0 radical (unpaired) electrons. The van der Waals surface area contributed by atoms with Crippen molar-refractivity contribution in [2.45, 2.75) is 26.8 Å². The summed E-state index contributed by atoms with van der Waals surface area (Å²) < 4.78 is 23.9. The highest BCUT2D eigenvalue weighted by Crippen LogP contribution is 2.28. The first-order valence-electron chi connectivity index (χ1n) is 10.5. The van der Waals surface area contributed by atoms with Gasteiger partial charge in [-0.15, -0.1) is 0 Å². The molecule has 7 heteroatoms. The van der Waals surface area contributed by atoms with Gasteiger partial charge in [0.1, 0.15) is 5.82 Å². The third kappa shape index (κ3) is 6.32. The Labute approximate surface area is 192 Å². The molecule has 0 bridgehead atoms. The zero-order valence-electron chi connectivity index (χ0n) is 19.1. The predicted molar refractivity (Wildman–Crippen MR) is 125 cm³/mol. The average Bonchev–Trinajstić information content (AvgIpc) is 2.80. The Hall–Kier alpha value is -3.87. The quantitative estimate of drug-likeness (QED) is 0.509. The molecule has 1 unspecified atom stereocenters. The van der Waals surface area contributed by atoms with Gasteiger partial charge in [0.2, 0.25) is 0 Å². The maximum atomic E-state index is 13.0. The van der Waals surface area contributed by atoms with E-state index in [4.69, 9.17) is 9.47 Å². The molecular formula is C26H27FN2O4. The SMILES string of the molecule is COc1cc(C(=O)NC(C)c2cc(C)ccc2C)ccc1OCC(=O)Nc1ccc(F)cc1. The van der Waals surface area contributed by atoms with Crippen LogP contribution >= 0.6 is 0 Å². The molecule has 3 rings (SSSR count). The van der Waals surface area contributed by atoms with Crippen molar-refractivity contribution in [2.24, 2.45) is 0 Å². The first kappa shape index (κ1) is 23.8. The number of rotatable bonds is 8. The van der Waals surface area contributed by atoms with Gasteiger partial charge in [-0.3, -0.25) is 9.59 Å². The molecule has 0 aliphatic rings. The van der Waals surface area contributed by atoms with E-state index in [1.165, 1.54) is 31.4 Å². The Kier molecular flexibility index (Phi) is 7.66. The Morgan fingerprint density at radius 2 is 1.70 bits per heavy atom. The number of nitrogens with one attached hydrogen (secondary N) is 2. The Morgan fingerprint density at radius 3 is 2.39 bits per heavy atom. The number of benzene rings is 3. The largest absolute Gasteiger partial charge is 0.493 e. The molecule has 2 N–H and O–H groups in total. The van der Waals surface area contributed by atoms with Gasteiger partial charge in [0, 0.05) is 11.3 Å². The minimum Gasteiger partial charge on any atom is -0.493 e. The summed E-state index contributed by atoms with van der Waals surface area (Å²) in [7, 11) is 1.46. The maximum absolute atomic E-state index is 13.0. The fourth-order valence-corrected chi connectivity index (χ4v) is 3.39. The summed E-state index contributed by atoms with van der Waals surface area (Å²) in [5.41, 5.74) is 4.16. The molecule has 0 aliphatic carbocycles. The van der Waals surface area contributed by atoms with Crippen LogP contribution in [0.4, 0.5) is 10.1 Å². The van der Waals surface area contributed by atoms with E-state index in [0.29, 0.717) is 22.7 Å². The van der Waals surface area contributed by atoms with Crippen LogP contribution in [0, 0.1) is 19.7 Å². The third-order valence-corrected chi connectivity index (χ3v) is 5.16. The van der Waals surface area contributed by atoms with E-state index in [1.54, 1.807) is 18.2 Å². The highest BCUT2D eigenvalue weighted by molar-refractivity contribution is 5.95. The molecule has 2 amide bonds. The van der Waals surface area contributed by atoms with Gasteiger partial charge in [0.15, 0.2) is 18.1 Å². The van der Waals surface area contributed by atoms with E-state index >= 15 is 0 Å². The lowest BCUT2D eigenvalue weighted by Crippen LogP contribution is -2.27. The van der Waals surface area contributed by atoms with E-state index in [1.807, 2.05) is 32.9 Å². The van der Waals surface area contributed by atoms with Gasteiger partial charge in [0.05, 0.1) is 13.2 Å². The Balaban J connectivity index is 1.63. The summed E-state index contributed by atoms with van der Waals surface area (Å²) in [6, 6.07) is 16.2. The molecule has 3 aromatic rings. The van der Waals surface area contributed by atoms with E-state index in [9.17, 15) is 14.0 Å². The first-order valence-corrected chi connectivity index (χ1v) is 10.5. The van der Waals surface area contributed by atoms with Crippen molar-refractivity contribution >= 4 is 17.5 Å². The second-order valence-electron chi connectivity index (χ2n) is 7.76. The van der Waals surface area contributed by atoms with E-state index in [-0.39, 0.29) is 24.4 Å². The molecule has 172 valence electrons. The standard InChI is InChI=1S/C26H27FN2O4/c1-16-5-6-17(2)22(13-16)18(3)28-26(31)19-7-12-23(24(14-19)32-4)33-15-25(30)29-21-10-8-20(27)9-11-21/h5-14,18H,15H2,1-4H3,(H,28,31)(H,29,30). The van der Waals surface area contributed by atoms with Crippen molar-refractivity contribution in [3.63, 3.8) is 0 Å². The van der Waals surface area contributed by atoms with Crippen molar-refractivity contribution < 1.29 is 23.5 Å². The van der Waals surface area contributed by atoms with Crippen LogP contribution < -0.4 is 20.1 Å². The Morgan fingerprint density at radius 1 is 0.970 bits per heavy atom. The van der Waals surface area contributed by atoms with Crippen molar-refractivity contribution in [2.75, 3.05) is 19.0 Å². The summed E-state index contributed by atoms with van der Waals surface area (Å²) in [5, 5.41) is 5.62. The lowest BCUT2D eigenvalue weighted by atomic mass is 9.99. The fraction of sp³-hybridized carbons (Fsp3) is 0.231. The number of anilines is 1. The summed E-state index contributed by atoms with van der Waals surface area (Å²) in [5.74, 6) is -0.390. The second-order valence-corrected chi connectivity index (χ2v) is 7.76. The minimum atomic E-state index is -0.409. The van der Waals surface area contributed by atoms with Crippen LogP contribution in [0.1, 0.15) is 40.0 Å². The number of halogens is 1. The molecular weight excluding hydrogens is 423 g/mol. The molecule has 0 spiro atoms. The van der Waals surface area contributed by atoms with Crippen LogP contribution in [0.5, 0.6) is 11.5 Å². The van der Waals surface area contributed by atoms with Crippen molar-refractivity contribution in [3.8, 4) is 11.5 Å². The lowest BCUT2D eigenvalue weighted by molar-refractivity contribution is -0.118. The molecule has 1 atom stereocenters. The number of carbonyl (C=O) groups excluding carboxylic acids is 2. The number of amides is 2. The summed E-state index contributed by atoms with van der Waals surface area (Å²) in [6.45, 7) is 5.69. The molecule has 3 aromatic carbocycles. The van der Waals surface area contributed by atoms with Gasteiger partial charge in [0.25, 0.3) is 11.8 Å². The van der Waals surface area contributed by atoms with Crippen LogP contribution in [0.2, 0.25) is 0 Å². The molecule has 33 heavy (non-hydrogen) atoms. The van der Waals surface area contributed by atoms with Gasteiger partial charge in [-0.05, 0) is 74.4 Å². The zero-order valence-corrected chi connectivity index (χ0v) is 19.1. The summed E-state index contributed by atoms with van der Waals surface area (Å²) >= 11 is 0. The van der Waals surface area contributed by atoms with E-state index < -0.39 is 5.91 Å². The normalized spacial score (nSPS) is 11.4. The molecule has 0 heterocycles. The zero-order chi connectivity index (χ0) is 24.0. The lowest BCUT2D eigenvalue weighted by Gasteiger charge is -2.18. The average molecular weight is 451 g/mol. The fourth-order valence-electron chi connectivity index (χ4n) is 3.39. The van der Waals surface area contributed by atoms with Gasteiger partial charge < -0.3 is 20.1 Å². The molecule has 0 saturated carbocycles. The van der Waals surface area contributed by atoms with Crippen molar-refractivity contribution in [1.82, 2.24) is 5.32 Å². The molecule has 0 aliphatic heterocycles. The van der Waals surface area contributed by atoms with Crippen LogP contribution in [-0.4, -0.2) is 25.5 Å². The first-order chi connectivity index (χ1) is 15.8. The van der Waals surface area contributed by atoms with Crippen LogP contribution in [0.3, 0.4) is 0 Å². The topological polar surface area (TPSA) is 76.7 Å². The number of hydrogen-bond donors (Lipinski definition) is 2. The van der Waals surface area contributed by atoms with Crippen molar-refractivity contribution in [3.05, 3.63) is 88.7 Å². The van der Waals surface area contributed by atoms with Gasteiger partial charge >= 0.3 is 0 Å². The van der Waals surface area contributed by atoms with Crippen LogP contribution in [0.25, 0.3) is 0 Å². The number of hydrogen-bond acceptors (Lipinski definition) is 4. The maximum Gasteiger partial charge on any atom is 0.262 e. The number of ether oxygens (including phenoxy) is 2. The smallest absolute Gasteiger partial charge is 0.262 e. The monoisotopic (exact) mass is 450 g/mol. The third-order valence-electron chi connectivity index (χ3n) is 5.16. The van der Waals surface area contributed by atoms with Gasteiger partial charge in [-0.25, -0.2) is 4.39 Å². The van der Waals surface area contributed by atoms with E-state index in [0.717, 1.165) is 16.7 Å². The van der Waals surface area contributed by atoms with Gasteiger partial charge in [-0.2, -0.15) is 0 Å². The van der Waals surface area contributed by atoms with Crippen LogP contribution in [0.15, 0.2) is 60.7 Å². The van der Waals surface area contributed by atoms with Crippen LogP contribution in [-0.2, 0) is 4.79 Å². The molecule has 0 saturated heterocycles. The predicted octanol–water partition coefficient (Wildman–Crippen LogP) is 4.96. The minimum absolute atomic E-state index is 0.172. The van der Waals surface area contributed by atoms with Crippen molar-refractivity contribution in [1.29, 1.82) is 0 Å². The molecule has 0 fully saturated rings. The van der Waals surface area contributed by atoms with E-state index in [2.05, 4.69) is 16.7 Å². The number of carbonyl (C=O) groups is 2.